The quantitative estimate of drug-likeness (QED) is 0.664. The molecule has 98 valence electrons. The lowest BCUT2D eigenvalue weighted by Crippen LogP contribution is -2.17. The van der Waals surface area contributed by atoms with Crippen molar-refractivity contribution in [1.29, 1.82) is 5.26 Å². The summed E-state index contributed by atoms with van der Waals surface area (Å²) in [6.07, 6.45) is 0. The molecule has 5 nitrogen and oxygen atoms in total. The maximum atomic E-state index is 9.41. The standard InChI is InChI=1S/C14H11N5S/c1-7-8(6-15)14-18-9-4-2-3-5-10(9)19(14)12(16)11(7)13(17)20/h2-5H,16H2,1H3,(H2,17,20). The van der Waals surface area contributed by atoms with Crippen LogP contribution in [0.25, 0.3) is 16.7 Å². The number of rotatable bonds is 1. The second kappa shape index (κ2) is 4.18. The molecule has 0 aliphatic carbocycles. The van der Waals surface area contributed by atoms with Gasteiger partial charge in [-0.2, -0.15) is 5.26 Å². The van der Waals surface area contributed by atoms with Gasteiger partial charge in [0.2, 0.25) is 0 Å². The molecule has 1 aromatic carbocycles. The summed E-state index contributed by atoms with van der Waals surface area (Å²) in [5, 5.41) is 9.41. The van der Waals surface area contributed by atoms with Crippen molar-refractivity contribution in [3.63, 3.8) is 0 Å². The number of anilines is 1. The van der Waals surface area contributed by atoms with Crippen LogP contribution in [0.5, 0.6) is 0 Å². The summed E-state index contributed by atoms with van der Waals surface area (Å²) in [5.74, 6) is 0.415. The Bertz CT molecular complexity index is 917. The highest BCUT2D eigenvalue weighted by atomic mass is 32.1. The first-order valence-corrected chi connectivity index (χ1v) is 6.36. The Labute approximate surface area is 120 Å². The van der Waals surface area contributed by atoms with Crippen LogP contribution in [0.3, 0.4) is 0 Å². The number of nitriles is 1. The zero-order valence-electron chi connectivity index (χ0n) is 10.7. The van der Waals surface area contributed by atoms with Crippen molar-refractivity contribution in [2.45, 2.75) is 6.92 Å². The SMILES string of the molecule is Cc1c(C(N)=S)c(N)n2c(nc3ccccc32)c1C#N. The third-order valence-electron chi connectivity index (χ3n) is 3.39. The Morgan fingerprint density at radius 2 is 2.10 bits per heavy atom. The topological polar surface area (TPSA) is 93.1 Å². The fraction of sp³-hybridized carbons (Fsp3) is 0.0714. The Kier molecular flexibility index (Phi) is 2.59. The van der Waals surface area contributed by atoms with Crippen LogP contribution in [0.4, 0.5) is 5.82 Å². The number of fused-ring (bicyclic) bond motifs is 3. The van der Waals surface area contributed by atoms with Gasteiger partial charge in [0.05, 0.1) is 22.2 Å². The van der Waals surface area contributed by atoms with Crippen molar-refractivity contribution in [2.24, 2.45) is 5.73 Å². The molecule has 0 amide bonds. The lowest BCUT2D eigenvalue weighted by atomic mass is 10.0. The molecular weight excluding hydrogens is 270 g/mol. The Morgan fingerprint density at radius 1 is 1.40 bits per heavy atom. The van der Waals surface area contributed by atoms with Crippen LogP contribution in [0, 0.1) is 18.3 Å². The van der Waals surface area contributed by atoms with E-state index >= 15 is 0 Å². The van der Waals surface area contributed by atoms with Crippen molar-refractivity contribution in [3.05, 3.63) is 41.0 Å². The lowest BCUT2D eigenvalue weighted by molar-refractivity contribution is 1.19. The molecule has 6 heteroatoms. The summed E-state index contributed by atoms with van der Waals surface area (Å²) in [6, 6.07) is 9.71. The molecule has 2 heterocycles. The van der Waals surface area contributed by atoms with Gasteiger partial charge in [0.1, 0.15) is 16.9 Å². The highest BCUT2D eigenvalue weighted by Crippen LogP contribution is 2.28. The second-order valence-electron chi connectivity index (χ2n) is 4.50. The van der Waals surface area contributed by atoms with E-state index in [1.54, 1.807) is 11.3 Å². The van der Waals surface area contributed by atoms with Gasteiger partial charge in [-0.25, -0.2) is 4.98 Å². The monoisotopic (exact) mass is 281 g/mol. The first-order chi connectivity index (χ1) is 9.56. The molecule has 0 bridgehead atoms. The van der Waals surface area contributed by atoms with E-state index in [1.165, 1.54) is 0 Å². The number of hydrogen-bond acceptors (Lipinski definition) is 4. The predicted octanol–water partition coefficient (Wildman–Crippen LogP) is 1.88. The van der Waals surface area contributed by atoms with Crippen molar-refractivity contribution in [2.75, 3.05) is 5.73 Å². The average molecular weight is 281 g/mol. The maximum Gasteiger partial charge on any atom is 0.157 e. The van der Waals surface area contributed by atoms with Gasteiger partial charge in [0.25, 0.3) is 0 Å². The number of para-hydroxylation sites is 2. The Balaban J connectivity index is 2.67. The van der Waals surface area contributed by atoms with Crippen LogP contribution < -0.4 is 11.5 Å². The molecule has 20 heavy (non-hydrogen) atoms. The van der Waals surface area contributed by atoms with Gasteiger partial charge >= 0.3 is 0 Å². The average Bonchev–Trinajstić information content (AvgIpc) is 2.78. The summed E-state index contributed by atoms with van der Waals surface area (Å²) in [6.45, 7) is 1.78. The zero-order chi connectivity index (χ0) is 14.4. The number of nitrogens with zero attached hydrogens (tertiary/aromatic N) is 3. The van der Waals surface area contributed by atoms with Gasteiger partial charge in [0, 0.05) is 0 Å². The number of thiocarbonyl (C=S) groups is 1. The van der Waals surface area contributed by atoms with Crippen LogP contribution >= 0.6 is 12.2 Å². The number of aromatic nitrogens is 2. The van der Waals surface area contributed by atoms with Gasteiger partial charge in [-0.1, -0.05) is 24.4 Å². The number of nitrogen functional groups attached to an aromatic ring is 1. The van der Waals surface area contributed by atoms with E-state index in [2.05, 4.69) is 11.1 Å². The summed E-state index contributed by atoms with van der Waals surface area (Å²) >= 11 is 5.06. The smallest absolute Gasteiger partial charge is 0.157 e. The van der Waals surface area contributed by atoms with E-state index < -0.39 is 0 Å². The number of imidazole rings is 1. The van der Waals surface area contributed by atoms with Gasteiger partial charge in [-0.3, -0.25) is 4.40 Å². The Morgan fingerprint density at radius 3 is 2.75 bits per heavy atom. The Hall–Kier alpha value is -2.65. The molecule has 2 aromatic heterocycles. The minimum absolute atomic E-state index is 0.177. The molecule has 0 spiro atoms. The van der Waals surface area contributed by atoms with Gasteiger partial charge < -0.3 is 11.5 Å². The van der Waals surface area contributed by atoms with E-state index in [0.717, 1.165) is 11.0 Å². The van der Waals surface area contributed by atoms with Crippen LogP contribution in [0.15, 0.2) is 24.3 Å². The minimum atomic E-state index is 0.177. The molecule has 4 N–H and O–H groups in total. The minimum Gasteiger partial charge on any atom is -0.389 e. The molecular formula is C14H11N5S. The highest BCUT2D eigenvalue weighted by molar-refractivity contribution is 7.80. The van der Waals surface area contributed by atoms with E-state index in [1.807, 2.05) is 24.3 Å². The molecule has 0 saturated carbocycles. The number of benzene rings is 1. The first kappa shape index (κ1) is 12.4. The molecule has 3 aromatic rings. The fourth-order valence-electron chi connectivity index (χ4n) is 2.48. The largest absolute Gasteiger partial charge is 0.389 e. The summed E-state index contributed by atoms with van der Waals surface area (Å²) in [5.41, 5.74) is 15.7. The van der Waals surface area contributed by atoms with Crippen LogP contribution in [-0.2, 0) is 0 Å². The third-order valence-corrected chi connectivity index (χ3v) is 3.59. The lowest BCUT2D eigenvalue weighted by Gasteiger charge is -2.12. The molecule has 0 aliphatic heterocycles. The van der Waals surface area contributed by atoms with Gasteiger partial charge in [0.15, 0.2) is 5.65 Å². The molecule has 0 aliphatic rings. The first-order valence-electron chi connectivity index (χ1n) is 5.95. The molecule has 0 fully saturated rings. The van der Waals surface area contributed by atoms with E-state index in [9.17, 15) is 5.26 Å². The summed E-state index contributed by atoms with van der Waals surface area (Å²) < 4.78 is 1.73. The molecule has 3 rings (SSSR count). The zero-order valence-corrected chi connectivity index (χ0v) is 11.5. The predicted molar refractivity (Wildman–Crippen MR) is 82.4 cm³/mol. The maximum absolute atomic E-state index is 9.41. The number of hydrogen-bond donors (Lipinski definition) is 2. The van der Waals surface area contributed by atoms with Crippen LogP contribution in [0.2, 0.25) is 0 Å². The fourth-order valence-corrected chi connectivity index (χ4v) is 2.74. The third kappa shape index (κ3) is 1.47. The normalized spacial score (nSPS) is 10.8. The van der Waals surface area contributed by atoms with E-state index in [4.69, 9.17) is 23.7 Å². The molecule has 0 saturated heterocycles. The summed E-state index contributed by atoms with van der Waals surface area (Å²) in [7, 11) is 0. The number of nitrogens with two attached hydrogens (primary N) is 2. The highest BCUT2D eigenvalue weighted by Gasteiger charge is 2.20. The van der Waals surface area contributed by atoms with Crippen molar-refractivity contribution >= 4 is 39.7 Å². The van der Waals surface area contributed by atoms with Crippen LogP contribution in [-0.4, -0.2) is 14.4 Å². The molecule has 0 radical (unpaired) electrons. The summed E-state index contributed by atoms with van der Waals surface area (Å²) in [4.78, 5) is 4.66. The van der Waals surface area contributed by atoms with Crippen molar-refractivity contribution in [1.82, 2.24) is 9.38 Å². The van der Waals surface area contributed by atoms with Crippen molar-refractivity contribution in [3.8, 4) is 6.07 Å². The molecule has 0 atom stereocenters. The van der Waals surface area contributed by atoms with Gasteiger partial charge in [-0.05, 0) is 24.6 Å². The van der Waals surface area contributed by atoms with Gasteiger partial charge in [-0.15, -0.1) is 0 Å². The van der Waals surface area contributed by atoms with Crippen LogP contribution in [0.1, 0.15) is 16.7 Å². The van der Waals surface area contributed by atoms with E-state index in [0.29, 0.717) is 28.2 Å². The second-order valence-corrected chi connectivity index (χ2v) is 4.94. The number of pyridine rings is 1. The van der Waals surface area contributed by atoms with Crippen molar-refractivity contribution < 1.29 is 0 Å². The molecule has 0 unspecified atom stereocenters. The van der Waals surface area contributed by atoms with E-state index in [-0.39, 0.29) is 4.99 Å².